The molecule has 1 aromatic rings. The number of nitrogens with one attached hydrogen (secondary N) is 5. The predicted molar refractivity (Wildman–Crippen MR) is 238 cm³/mol. The largest absolute Gasteiger partial charge is 0.488 e. The van der Waals surface area contributed by atoms with Crippen molar-refractivity contribution in [3.8, 4) is 0 Å². The molecule has 0 aliphatic rings. The Balaban J connectivity index is 2.33. The van der Waals surface area contributed by atoms with Crippen LogP contribution in [0.15, 0.2) is 24.3 Å². The number of benzene rings is 1. The van der Waals surface area contributed by atoms with Crippen molar-refractivity contribution in [1.82, 2.24) is 31.5 Å². The Morgan fingerprint density at radius 3 is 1.71 bits per heavy atom. The summed E-state index contributed by atoms with van der Waals surface area (Å²) in [5.74, 6) is 3.14. The van der Waals surface area contributed by atoms with Crippen molar-refractivity contribution in [2.75, 3.05) is 95.1 Å². The van der Waals surface area contributed by atoms with Crippen LogP contribution in [0, 0.1) is 0 Å². The van der Waals surface area contributed by atoms with Crippen molar-refractivity contribution in [2.45, 2.75) is 71.3 Å². The lowest BCUT2D eigenvalue weighted by Gasteiger charge is -2.22. The molecule has 1 aromatic carbocycles. The first-order valence-corrected chi connectivity index (χ1v) is 24.7. The normalized spacial score (nSPS) is 11.0. The highest BCUT2D eigenvalue weighted by molar-refractivity contribution is 8.77. The molecule has 8 N–H and O–H groups in total. The Labute approximate surface area is 351 Å². The van der Waals surface area contributed by atoms with Gasteiger partial charge in [-0.2, -0.15) is 0 Å². The van der Waals surface area contributed by atoms with E-state index in [1.165, 1.54) is 0 Å². The number of rotatable bonds is 37. The highest BCUT2D eigenvalue weighted by Crippen LogP contribution is 2.20. The predicted octanol–water partition coefficient (Wildman–Crippen LogP) is 1.22. The molecule has 318 valence electrons. The van der Waals surface area contributed by atoms with Gasteiger partial charge < -0.3 is 46.6 Å². The Morgan fingerprint density at radius 1 is 0.679 bits per heavy atom. The van der Waals surface area contributed by atoms with Crippen LogP contribution in [0.1, 0.15) is 70.3 Å². The molecular weight excluding hydrogens is 794 g/mol. The van der Waals surface area contributed by atoms with Crippen molar-refractivity contribution in [2.24, 2.45) is 0 Å². The third kappa shape index (κ3) is 30.2. The second-order valence-corrected chi connectivity index (χ2v) is 18.4. The fraction of sp³-hybridized carbons (Fsp3) is 0.703. The number of hydrogen-bond donors (Lipinski definition) is 8. The van der Waals surface area contributed by atoms with Gasteiger partial charge in [0, 0.05) is 101 Å². The van der Waals surface area contributed by atoms with Gasteiger partial charge in [0.1, 0.15) is 13.3 Å². The average Bonchev–Trinajstić information content (AvgIpc) is 3.18. The van der Waals surface area contributed by atoms with Crippen LogP contribution in [0.5, 0.6) is 0 Å². The third-order valence-electron chi connectivity index (χ3n) is 8.25. The van der Waals surface area contributed by atoms with Gasteiger partial charge in [-0.25, -0.2) is 4.58 Å². The zero-order chi connectivity index (χ0) is 41.1. The van der Waals surface area contributed by atoms with Gasteiger partial charge in [-0.3, -0.25) is 19.2 Å². The summed E-state index contributed by atoms with van der Waals surface area (Å²) >= 11 is 0. The number of aliphatic hydroxyl groups is 1. The first kappa shape index (κ1) is 52.1. The van der Waals surface area contributed by atoms with E-state index in [2.05, 4.69) is 38.2 Å². The highest BCUT2D eigenvalue weighted by Gasteiger charge is 2.15. The van der Waals surface area contributed by atoms with E-state index in [0.717, 1.165) is 80.3 Å². The van der Waals surface area contributed by atoms with Crippen LogP contribution >= 0.6 is 43.2 Å². The number of amides is 4. The second-order valence-electron chi connectivity index (χ2n) is 13.0. The molecule has 0 aliphatic heterocycles. The molecule has 0 saturated carbocycles. The molecule has 19 heteroatoms. The molecule has 56 heavy (non-hydrogen) atoms. The Kier molecular flexibility index (Phi) is 33.6. The molecule has 0 aliphatic carbocycles. The smallest absolute Gasteiger partial charge is 0.423 e. The van der Waals surface area contributed by atoms with E-state index in [4.69, 9.17) is 5.11 Å². The maximum Gasteiger partial charge on any atom is 0.488 e. The number of hydrogen-bond acceptors (Lipinski definition) is 13. The van der Waals surface area contributed by atoms with E-state index in [1.807, 2.05) is 23.6 Å². The van der Waals surface area contributed by atoms with Crippen LogP contribution in [-0.4, -0.2) is 157 Å². The van der Waals surface area contributed by atoms with E-state index < -0.39 is 7.12 Å². The summed E-state index contributed by atoms with van der Waals surface area (Å²) < 4.78 is 1.85. The molecule has 0 heterocycles. The number of carbonyl (C=O) groups excluding carboxylic acids is 4. The van der Waals surface area contributed by atoms with Gasteiger partial charge in [-0.1, -0.05) is 74.4 Å². The zero-order valence-corrected chi connectivity index (χ0v) is 36.5. The molecular formula is C37H67BN7O7S4+. The van der Waals surface area contributed by atoms with Crippen LogP contribution in [0.25, 0.3) is 0 Å². The van der Waals surface area contributed by atoms with Crippen LogP contribution in [0.2, 0.25) is 0 Å². The maximum atomic E-state index is 12.7. The zero-order valence-electron chi connectivity index (χ0n) is 33.3. The minimum atomic E-state index is -1.51. The Bertz CT molecular complexity index is 1240. The van der Waals surface area contributed by atoms with E-state index in [9.17, 15) is 29.2 Å². The molecule has 0 radical (unpaired) electrons. The van der Waals surface area contributed by atoms with Crippen molar-refractivity contribution in [1.29, 1.82) is 0 Å². The summed E-state index contributed by atoms with van der Waals surface area (Å²) in [6.07, 6.45) is 5.82. The molecule has 0 unspecified atom stereocenters. The minimum Gasteiger partial charge on any atom is -0.423 e. The number of nitrogens with zero attached hydrogens (tertiary/aromatic N) is 2. The van der Waals surface area contributed by atoms with E-state index in [1.54, 1.807) is 55.3 Å². The summed E-state index contributed by atoms with van der Waals surface area (Å²) in [6.45, 7) is 12.9. The summed E-state index contributed by atoms with van der Waals surface area (Å²) in [5, 5.41) is 43.2. The van der Waals surface area contributed by atoms with Gasteiger partial charge in [0.05, 0.1) is 6.42 Å². The molecule has 0 saturated heterocycles. The molecule has 0 spiro atoms. The number of aliphatic hydroxyl groups excluding tert-OH is 1. The summed E-state index contributed by atoms with van der Waals surface area (Å²) in [6, 6.07) is 7.23. The Morgan fingerprint density at radius 2 is 1.20 bits per heavy atom. The summed E-state index contributed by atoms with van der Waals surface area (Å²) in [7, 11) is 5.15. The molecule has 1 rings (SSSR count). The quantitative estimate of drug-likeness (QED) is 0.0157. The first-order valence-electron chi connectivity index (χ1n) is 19.7. The van der Waals surface area contributed by atoms with Crippen molar-refractivity contribution in [3.63, 3.8) is 0 Å². The SMILES string of the molecule is C=[N+](CCCCO)CCC(=O)NCCSSCCNC(=O)CCN(CCCCNCc1ccccc1B(O)O)CCC(=O)NCCSSCCNC(=O)CCC. The topological polar surface area (TPSA) is 195 Å². The third-order valence-corrected chi connectivity index (χ3v) is 13.1. The molecule has 0 aromatic heterocycles. The lowest BCUT2D eigenvalue weighted by molar-refractivity contribution is -0.518. The van der Waals surface area contributed by atoms with Gasteiger partial charge in [-0.15, -0.1) is 0 Å². The van der Waals surface area contributed by atoms with Gasteiger partial charge >= 0.3 is 7.12 Å². The van der Waals surface area contributed by atoms with Crippen LogP contribution < -0.4 is 32.0 Å². The fourth-order valence-electron chi connectivity index (χ4n) is 5.17. The van der Waals surface area contributed by atoms with Gasteiger partial charge in [0.25, 0.3) is 0 Å². The van der Waals surface area contributed by atoms with Gasteiger partial charge in [-0.05, 0) is 49.8 Å². The summed E-state index contributed by atoms with van der Waals surface area (Å²) in [4.78, 5) is 51.0. The molecule has 0 fully saturated rings. The number of carbonyl (C=O) groups is 4. The van der Waals surface area contributed by atoms with Gasteiger partial charge in [0.2, 0.25) is 23.6 Å². The van der Waals surface area contributed by atoms with E-state index in [0.29, 0.717) is 83.5 Å². The molecule has 0 bridgehead atoms. The lowest BCUT2D eigenvalue weighted by Crippen LogP contribution is -2.36. The fourth-order valence-corrected chi connectivity index (χ4v) is 8.80. The molecule has 4 amide bonds. The molecule has 0 atom stereocenters. The maximum absolute atomic E-state index is 12.7. The van der Waals surface area contributed by atoms with Crippen molar-refractivity contribution in [3.05, 3.63) is 29.8 Å². The second kappa shape index (κ2) is 36.1. The van der Waals surface area contributed by atoms with Gasteiger partial charge in [0.15, 0.2) is 6.54 Å². The standard InChI is InChI=1S/C37H66BN7O7S4/c1-3-10-34(47)40-17-27-53-55-29-19-42-36(49)14-24-45(22-7-6-16-39-31-32-11-4-5-12-33(32)38(51)52)25-15-37(50)43-20-30-56-54-28-18-41-35(48)13-23-44(2)21-8-9-26-46/h4-5,11-12,39,46,51-52H,2-3,6-10,13-31H2,1H3,(H3-,40,41,42,43,47,48,49,50)/p+1. The van der Waals surface area contributed by atoms with Crippen LogP contribution in [-0.2, 0) is 25.7 Å². The Hall–Kier alpha value is -1.97. The first-order chi connectivity index (χ1) is 27.2. The van der Waals surface area contributed by atoms with Crippen molar-refractivity contribution >= 4 is 86.1 Å². The van der Waals surface area contributed by atoms with Crippen LogP contribution in [0.3, 0.4) is 0 Å². The minimum absolute atomic E-state index is 0.00128. The summed E-state index contributed by atoms with van der Waals surface area (Å²) in [5.41, 5.74) is 1.33. The van der Waals surface area contributed by atoms with E-state index in [-0.39, 0.29) is 30.2 Å². The molecule has 14 nitrogen and oxygen atoms in total. The lowest BCUT2D eigenvalue weighted by atomic mass is 9.77. The average molecular weight is 861 g/mol. The van der Waals surface area contributed by atoms with Crippen molar-refractivity contribution < 1.29 is 38.9 Å². The van der Waals surface area contributed by atoms with Crippen LogP contribution in [0.4, 0.5) is 0 Å². The number of unbranched alkanes of at least 4 members (excludes halogenated alkanes) is 2. The van der Waals surface area contributed by atoms with E-state index >= 15 is 0 Å². The monoisotopic (exact) mass is 860 g/mol. The highest BCUT2D eigenvalue weighted by atomic mass is 33.1.